The number of hydrogen-bond donors (Lipinski definition) is 2. The molecular formula is C20H21N3O2. The standard InChI is InChI=1S/C20H21N3O2/c1-13-8-14(2)10-18(9-13)20(25)22-12-19(24)23-15(3)17-6-4-16(11-21)5-7-17/h4-10,15H,12H2,1-3H3,(H,22,25)(H,23,24). The van der Waals surface area contributed by atoms with E-state index in [1.54, 1.807) is 36.4 Å². The molecule has 25 heavy (non-hydrogen) atoms. The molecule has 0 aliphatic rings. The molecule has 0 aromatic heterocycles. The Kier molecular flexibility index (Phi) is 5.91. The number of hydrogen-bond acceptors (Lipinski definition) is 3. The van der Waals surface area contributed by atoms with Crippen LogP contribution >= 0.6 is 0 Å². The van der Waals surface area contributed by atoms with Gasteiger partial charge in [0.1, 0.15) is 0 Å². The molecule has 128 valence electrons. The molecule has 2 N–H and O–H groups in total. The Hall–Kier alpha value is -3.13. The van der Waals surface area contributed by atoms with Crippen LogP contribution in [0.3, 0.4) is 0 Å². The van der Waals surface area contributed by atoms with Crippen LogP contribution in [0.2, 0.25) is 0 Å². The molecule has 0 bridgehead atoms. The van der Waals surface area contributed by atoms with E-state index >= 15 is 0 Å². The van der Waals surface area contributed by atoms with Crippen LogP contribution < -0.4 is 10.6 Å². The van der Waals surface area contributed by atoms with Crippen molar-refractivity contribution in [1.29, 1.82) is 5.26 Å². The first kappa shape index (κ1) is 18.2. The van der Waals surface area contributed by atoms with E-state index in [-0.39, 0.29) is 24.4 Å². The monoisotopic (exact) mass is 335 g/mol. The van der Waals surface area contributed by atoms with Gasteiger partial charge in [-0.15, -0.1) is 0 Å². The molecule has 2 amide bonds. The fourth-order valence-corrected chi connectivity index (χ4v) is 2.59. The highest BCUT2D eigenvalue weighted by Gasteiger charge is 2.12. The Morgan fingerprint density at radius 1 is 1.08 bits per heavy atom. The number of aryl methyl sites for hydroxylation is 2. The van der Waals surface area contributed by atoms with Crippen LogP contribution in [0, 0.1) is 25.2 Å². The van der Waals surface area contributed by atoms with Gasteiger partial charge in [-0.05, 0) is 50.6 Å². The van der Waals surface area contributed by atoms with Gasteiger partial charge in [-0.2, -0.15) is 5.26 Å². The van der Waals surface area contributed by atoms with Crippen molar-refractivity contribution in [1.82, 2.24) is 10.6 Å². The van der Waals surface area contributed by atoms with Gasteiger partial charge in [0.25, 0.3) is 5.91 Å². The van der Waals surface area contributed by atoms with Crippen LogP contribution in [0.1, 0.15) is 45.6 Å². The summed E-state index contributed by atoms with van der Waals surface area (Å²) in [6, 6.07) is 14.4. The summed E-state index contributed by atoms with van der Waals surface area (Å²) in [5.41, 5.74) is 4.02. The number of carbonyl (C=O) groups is 2. The summed E-state index contributed by atoms with van der Waals surface area (Å²) in [4.78, 5) is 24.2. The third-order valence-corrected chi connectivity index (χ3v) is 3.81. The molecule has 0 saturated carbocycles. The number of benzene rings is 2. The fourth-order valence-electron chi connectivity index (χ4n) is 2.59. The lowest BCUT2D eigenvalue weighted by Crippen LogP contribution is -2.38. The smallest absolute Gasteiger partial charge is 0.251 e. The second kappa shape index (κ2) is 8.11. The molecule has 0 radical (unpaired) electrons. The van der Waals surface area contributed by atoms with Crippen molar-refractivity contribution in [2.75, 3.05) is 6.54 Å². The first-order valence-electron chi connectivity index (χ1n) is 8.05. The molecule has 0 aliphatic heterocycles. The van der Waals surface area contributed by atoms with E-state index in [1.165, 1.54) is 0 Å². The molecule has 0 fully saturated rings. The summed E-state index contributed by atoms with van der Waals surface area (Å²) in [5, 5.41) is 14.3. The van der Waals surface area contributed by atoms with Crippen molar-refractivity contribution in [2.45, 2.75) is 26.8 Å². The van der Waals surface area contributed by atoms with Crippen molar-refractivity contribution < 1.29 is 9.59 Å². The summed E-state index contributed by atoms with van der Waals surface area (Å²) in [6.45, 7) is 5.61. The molecule has 0 spiro atoms. The Balaban J connectivity index is 1.89. The van der Waals surface area contributed by atoms with E-state index in [4.69, 9.17) is 5.26 Å². The van der Waals surface area contributed by atoms with Gasteiger partial charge in [-0.25, -0.2) is 0 Å². The van der Waals surface area contributed by atoms with Gasteiger partial charge >= 0.3 is 0 Å². The fraction of sp³-hybridized carbons (Fsp3) is 0.250. The lowest BCUT2D eigenvalue weighted by molar-refractivity contribution is -0.120. The Morgan fingerprint density at radius 3 is 2.24 bits per heavy atom. The Labute approximate surface area is 147 Å². The molecule has 5 heteroatoms. The highest BCUT2D eigenvalue weighted by Crippen LogP contribution is 2.13. The van der Waals surface area contributed by atoms with Crippen molar-refractivity contribution in [3.63, 3.8) is 0 Å². The number of rotatable bonds is 5. The van der Waals surface area contributed by atoms with Crippen molar-refractivity contribution >= 4 is 11.8 Å². The van der Waals surface area contributed by atoms with Crippen LogP contribution in [0.25, 0.3) is 0 Å². The second-order valence-corrected chi connectivity index (χ2v) is 6.08. The first-order valence-corrected chi connectivity index (χ1v) is 8.05. The maximum atomic E-state index is 12.2. The van der Waals surface area contributed by atoms with Gasteiger partial charge < -0.3 is 10.6 Å². The van der Waals surface area contributed by atoms with Gasteiger partial charge in [-0.1, -0.05) is 29.3 Å². The topological polar surface area (TPSA) is 82.0 Å². The van der Waals surface area contributed by atoms with Gasteiger partial charge in [0.15, 0.2) is 0 Å². The maximum Gasteiger partial charge on any atom is 0.251 e. The Bertz CT molecular complexity index is 800. The molecule has 0 heterocycles. The first-order chi connectivity index (χ1) is 11.9. The number of nitrogens with zero attached hydrogens (tertiary/aromatic N) is 1. The van der Waals surface area contributed by atoms with Crippen LogP contribution in [0.4, 0.5) is 0 Å². The minimum atomic E-state index is -0.270. The highest BCUT2D eigenvalue weighted by molar-refractivity contribution is 5.96. The summed E-state index contributed by atoms with van der Waals surface area (Å²) in [6.07, 6.45) is 0. The van der Waals surface area contributed by atoms with Gasteiger partial charge in [0, 0.05) is 5.56 Å². The van der Waals surface area contributed by atoms with E-state index < -0.39 is 0 Å². The third kappa shape index (κ3) is 5.18. The van der Waals surface area contributed by atoms with Crippen LogP contribution in [-0.2, 0) is 4.79 Å². The summed E-state index contributed by atoms with van der Waals surface area (Å²) in [5.74, 6) is -0.539. The molecule has 2 aromatic carbocycles. The van der Waals surface area contributed by atoms with E-state index in [0.717, 1.165) is 16.7 Å². The van der Waals surface area contributed by atoms with Gasteiger partial charge in [0.2, 0.25) is 5.91 Å². The van der Waals surface area contributed by atoms with Gasteiger partial charge in [-0.3, -0.25) is 9.59 Å². The Morgan fingerprint density at radius 2 is 1.68 bits per heavy atom. The number of nitriles is 1. The largest absolute Gasteiger partial charge is 0.348 e. The lowest BCUT2D eigenvalue weighted by Gasteiger charge is -2.15. The SMILES string of the molecule is Cc1cc(C)cc(C(=O)NCC(=O)NC(C)c2ccc(C#N)cc2)c1. The molecule has 2 aromatic rings. The summed E-state index contributed by atoms with van der Waals surface area (Å²) >= 11 is 0. The lowest BCUT2D eigenvalue weighted by atomic mass is 10.1. The maximum absolute atomic E-state index is 12.2. The number of carbonyl (C=O) groups excluding carboxylic acids is 2. The quantitative estimate of drug-likeness (QED) is 0.881. The second-order valence-electron chi connectivity index (χ2n) is 6.08. The van der Waals surface area contributed by atoms with E-state index in [9.17, 15) is 9.59 Å². The van der Waals surface area contributed by atoms with Crippen LogP contribution in [-0.4, -0.2) is 18.4 Å². The number of nitrogens with one attached hydrogen (secondary N) is 2. The molecule has 2 rings (SSSR count). The average molecular weight is 335 g/mol. The zero-order valence-corrected chi connectivity index (χ0v) is 14.6. The van der Waals surface area contributed by atoms with Crippen molar-refractivity contribution in [3.05, 3.63) is 70.3 Å². The highest BCUT2D eigenvalue weighted by atomic mass is 16.2. The van der Waals surface area contributed by atoms with E-state index in [1.807, 2.05) is 26.8 Å². The zero-order valence-electron chi connectivity index (χ0n) is 14.6. The predicted octanol–water partition coefficient (Wildman–Crippen LogP) is 2.78. The summed E-state index contributed by atoms with van der Waals surface area (Å²) < 4.78 is 0. The van der Waals surface area contributed by atoms with E-state index in [0.29, 0.717) is 11.1 Å². The van der Waals surface area contributed by atoms with Crippen molar-refractivity contribution in [2.24, 2.45) is 0 Å². The molecule has 0 saturated heterocycles. The number of amides is 2. The van der Waals surface area contributed by atoms with Crippen LogP contribution in [0.5, 0.6) is 0 Å². The van der Waals surface area contributed by atoms with Crippen LogP contribution in [0.15, 0.2) is 42.5 Å². The van der Waals surface area contributed by atoms with Gasteiger partial charge in [0.05, 0.1) is 24.2 Å². The van der Waals surface area contributed by atoms with Crippen molar-refractivity contribution in [3.8, 4) is 6.07 Å². The third-order valence-electron chi connectivity index (χ3n) is 3.81. The minimum absolute atomic E-state index is 0.0908. The molecular weight excluding hydrogens is 314 g/mol. The average Bonchev–Trinajstić information content (AvgIpc) is 2.58. The molecule has 1 unspecified atom stereocenters. The molecule has 5 nitrogen and oxygen atoms in total. The van der Waals surface area contributed by atoms with E-state index in [2.05, 4.69) is 16.7 Å². The minimum Gasteiger partial charge on any atom is -0.348 e. The zero-order chi connectivity index (χ0) is 18.4. The predicted molar refractivity (Wildman–Crippen MR) is 96.0 cm³/mol. The molecule has 1 atom stereocenters. The molecule has 0 aliphatic carbocycles. The normalized spacial score (nSPS) is 11.3. The summed E-state index contributed by atoms with van der Waals surface area (Å²) in [7, 11) is 0.